The number of hydrogen-bond donors (Lipinski definition) is 17. The first-order chi connectivity index (χ1) is 37.1. The van der Waals surface area contributed by atoms with Crippen molar-refractivity contribution in [3.05, 3.63) is 65.5 Å². The van der Waals surface area contributed by atoms with Crippen molar-refractivity contribution in [1.29, 1.82) is 0 Å². The molecule has 36 heteroatoms. The summed E-state index contributed by atoms with van der Waals surface area (Å²) in [6.45, 7) is -7.61. The molecule has 1 aliphatic heterocycles. The third kappa shape index (κ3) is 17.2. The Morgan fingerprint density at radius 3 is 0.886 bits per heavy atom. The van der Waals surface area contributed by atoms with Crippen molar-refractivity contribution in [3.8, 4) is 0 Å². The molecule has 0 saturated carbocycles. The molecule has 1 heterocycles. The standard InChI is InChI=1S/C43H44I9N9O18/c44-25-19(37(74)53-1-13(68)4-62)28(47)34(58-16(71)7-65)30(49)21(25)40(77)56-10-43(11-57-41(78)22-26(45)20(38(75)54-2-14(69)5-63)29(48)35(31(22)50)59-17(72)8-66)12-61(43)42(79)24-27(46)23(39(76)55-3-15(70)6-64)32(51)36(33(24)52)60-18(73)9-67/h13-15,62-70H,1-12H2,(H,53,74)(H,54,75)(H,55,76)(H,56,77)(H,57,78)(H,58,71)(H,59,72)(H,60,73). The van der Waals surface area contributed by atoms with Gasteiger partial charge in [0, 0.05) is 50.0 Å². The minimum absolute atomic E-state index is 0.0267. The highest BCUT2D eigenvalue weighted by atomic mass is 127. The number of benzene rings is 3. The zero-order valence-corrected chi connectivity index (χ0v) is 59.2. The summed E-state index contributed by atoms with van der Waals surface area (Å²) < 4.78 is 0.684. The smallest absolute Gasteiger partial charge is 0.256 e. The fraction of sp³-hybridized carbons (Fsp3) is 0.372. The van der Waals surface area contributed by atoms with E-state index in [1.54, 1.807) is 203 Å². The Morgan fingerprint density at radius 2 is 0.633 bits per heavy atom. The predicted octanol–water partition coefficient (Wildman–Crippen LogP) is -0.776. The molecule has 0 aromatic heterocycles. The van der Waals surface area contributed by atoms with Gasteiger partial charge in [0.25, 0.3) is 35.4 Å². The molecule has 0 bridgehead atoms. The van der Waals surface area contributed by atoms with E-state index in [-0.39, 0.29) is 89.1 Å². The number of hydrogen-bond acceptors (Lipinski definition) is 18. The molecular formula is C43H44I9N9O18. The monoisotopic (exact) mass is 2120 g/mol. The summed E-state index contributed by atoms with van der Waals surface area (Å²) in [6, 6.07) is 0. The molecular weight excluding hydrogens is 2070 g/mol. The summed E-state index contributed by atoms with van der Waals surface area (Å²) >= 11 is 15.7. The number of amides is 9. The normalized spacial score (nSPS) is 14.8. The second-order valence-electron chi connectivity index (χ2n) is 16.4. The van der Waals surface area contributed by atoms with Gasteiger partial charge in [-0.3, -0.25) is 43.2 Å². The van der Waals surface area contributed by atoms with Crippen LogP contribution in [0.2, 0.25) is 0 Å². The number of rotatable bonds is 25. The van der Waals surface area contributed by atoms with E-state index in [1.165, 1.54) is 4.90 Å². The van der Waals surface area contributed by atoms with E-state index < -0.39 is 149 Å². The van der Waals surface area contributed by atoms with Crippen LogP contribution in [0.15, 0.2) is 0 Å². The highest BCUT2D eigenvalue weighted by molar-refractivity contribution is 14.1. The minimum Gasteiger partial charge on any atom is -0.394 e. The van der Waals surface area contributed by atoms with Crippen molar-refractivity contribution < 1.29 is 89.1 Å². The molecule has 3 aromatic rings. The molecule has 1 fully saturated rings. The summed E-state index contributed by atoms with van der Waals surface area (Å²) in [5.74, 6) is -7.88. The van der Waals surface area contributed by atoms with Crippen LogP contribution in [0.4, 0.5) is 17.1 Å². The summed E-state index contributed by atoms with van der Waals surface area (Å²) in [6.07, 6.45) is -4.10. The van der Waals surface area contributed by atoms with Gasteiger partial charge in [0.2, 0.25) is 17.7 Å². The van der Waals surface area contributed by atoms with Gasteiger partial charge in [0.1, 0.15) is 19.8 Å². The quantitative estimate of drug-likeness (QED) is 0.0366. The Labute approximate surface area is 570 Å². The van der Waals surface area contributed by atoms with Gasteiger partial charge in [0.15, 0.2) is 0 Å². The first kappa shape index (κ1) is 70.6. The maximum Gasteiger partial charge on any atom is 0.256 e. The Morgan fingerprint density at radius 1 is 0.392 bits per heavy atom. The predicted molar refractivity (Wildman–Crippen MR) is 356 cm³/mol. The molecule has 3 atom stereocenters. The van der Waals surface area contributed by atoms with Crippen LogP contribution in [-0.2, 0) is 14.4 Å². The van der Waals surface area contributed by atoms with E-state index in [0.717, 1.165) is 0 Å². The van der Waals surface area contributed by atoms with Crippen molar-refractivity contribution >= 4 is 274 Å². The molecule has 432 valence electrons. The molecule has 4 rings (SSSR count). The maximum absolute atomic E-state index is 15.2. The van der Waals surface area contributed by atoms with E-state index in [9.17, 15) is 84.3 Å². The maximum atomic E-state index is 15.2. The van der Waals surface area contributed by atoms with Crippen molar-refractivity contribution in [2.24, 2.45) is 0 Å². The van der Waals surface area contributed by atoms with Crippen LogP contribution in [0.25, 0.3) is 0 Å². The van der Waals surface area contributed by atoms with E-state index >= 15 is 4.79 Å². The van der Waals surface area contributed by atoms with Crippen LogP contribution >= 0.6 is 203 Å². The zero-order valence-electron chi connectivity index (χ0n) is 39.8. The fourth-order valence-corrected chi connectivity index (χ4v) is 20.1. The van der Waals surface area contributed by atoms with Crippen LogP contribution < -0.4 is 42.5 Å². The van der Waals surface area contributed by atoms with Gasteiger partial charge >= 0.3 is 0 Å². The summed E-state index contributed by atoms with van der Waals surface area (Å²) in [5, 5.41) is 107. The van der Waals surface area contributed by atoms with Crippen LogP contribution in [0.3, 0.4) is 0 Å². The van der Waals surface area contributed by atoms with Gasteiger partial charge in [-0.1, -0.05) is 0 Å². The number of aliphatic hydroxyl groups is 9. The van der Waals surface area contributed by atoms with E-state index in [2.05, 4.69) is 42.5 Å². The van der Waals surface area contributed by atoms with Crippen molar-refractivity contribution in [2.45, 2.75) is 23.9 Å². The average molecular weight is 2120 g/mol. The molecule has 3 unspecified atom stereocenters. The highest BCUT2D eigenvalue weighted by Gasteiger charge is 2.56. The highest BCUT2D eigenvalue weighted by Crippen LogP contribution is 2.42. The topological polar surface area (TPSA) is 435 Å². The lowest BCUT2D eigenvalue weighted by Crippen LogP contribution is -2.47. The Hall–Kier alpha value is -0.900. The van der Waals surface area contributed by atoms with Crippen molar-refractivity contribution in [1.82, 2.24) is 31.5 Å². The average Bonchev–Trinajstić information content (AvgIpc) is 4.37. The Balaban J connectivity index is 1.95. The molecule has 17 N–H and O–H groups in total. The first-order valence-electron chi connectivity index (χ1n) is 22.1. The Bertz CT molecular complexity index is 2830. The van der Waals surface area contributed by atoms with E-state index in [4.69, 9.17) is 0 Å². The van der Waals surface area contributed by atoms with Crippen LogP contribution in [0.1, 0.15) is 62.1 Å². The lowest BCUT2D eigenvalue weighted by molar-refractivity contribution is -0.119. The van der Waals surface area contributed by atoms with Gasteiger partial charge in [-0.25, -0.2) is 0 Å². The number of nitrogens with zero attached hydrogens (tertiary/aromatic N) is 1. The molecule has 79 heavy (non-hydrogen) atoms. The Kier molecular flexibility index (Phi) is 28.6. The van der Waals surface area contributed by atoms with Crippen molar-refractivity contribution in [3.63, 3.8) is 0 Å². The number of nitrogens with one attached hydrogen (secondary N) is 8. The molecule has 1 aliphatic rings. The van der Waals surface area contributed by atoms with E-state index in [1.807, 2.05) is 0 Å². The van der Waals surface area contributed by atoms with Gasteiger partial charge in [-0.05, 0) is 203 Å². The first-order valence-corrected chi connectivity index (χ1v) is 31.8. The van der Waals surface area contributed by atoms with Crippen LogP contribution in [0.5, 0.6) is 0 Å². The van der Waals surface area contributed by atoms with Gasteiger partial charge in [-0.2, -0.15) is 0 Å². The number of anilines is 3. The lowest BCUT2D eigenvalue weighted by Gasteiger charge is -2.24. The third-order valence-electron chi connectivity index (χ3n) is 11.0. The summed E-state index contributed by atoms with van der Waals surface area (Å²) in [7, 11) is 0. The number of halogens is 9. The van der Waals surface area contributed by atoms with Crippen LogP contribution in [0, 0.1) is 32.1 Å². The summed E-state index contributed by atoms with van der Waals surface area (Å²) in [5.41, 5.74) is -2.81. The molecule has 0 aliphatic carbocycles. The SMILES string of the molecule is O=C(CO)Nc1c(I)c(C(=O)NCC(O)CO)c(I)c(C(=O)NCC2(CNC(=O)c3c(I)c(NC(=O)CO)c(I)c(C(=O)NCC(O)CO)c3I)CN2C(=O)c2c(I)c(NC(=O)CO)c(I)c(C(=O)NCC(O)CO)c2I)c1I. The number of aliphatic hydroxyl groups excluding tert-OH is 9. The van der Waals surface area contributed by atoms with Gasteiger partial charge < -0.3 is 93.4 Å². The van der Waals surface area contributed by atoms with Gasteiger partial charge in [0.05, 0.1) is 116 Å². The second-order valence-corrected chi connectivity index (χ2v) is 26.1. The number of carbonyl (C=O) groups is 9. The number of carbonyl (C=O) groups excluding carboxylic acids is 9. The van der Waals surface area contributed by atoms with Gasteiger partial charge in [-0.15, -0.1) is 0 Å². The van der Waals surface area contributed by atoms with E-state index in [0.29, 0.717) is 0 Å². The largest absolute Gasteiger partial charge is 0.394 e. The van der Waals surface area contributed by atoms with Crippen molar-refractivity contribution in [2.75, 3.05) is 94.9 Å². The lowest BCUT2D eigenvalue weighted by atomic mass is 10.0. The molecule has 3 aromatic carbocycles. The summed E-state index contributed by atoms with van der Waals surface area (Å²) in [4.78, 5) is 125. The molecule has 1 saturated heterocycles. The second kappa shape index (κ2) is 32.0. The zero-order chi connectivity index (χ0) is 59.5. The third-order valence-corrected chi connectivity index (χ3v) is 20.7. The minimum atomic E-state index is -1.61. The molecule has 0 radical (unpaired) electrons. The van der Waals surface area contributed by atoms with Crippen LogP contribution in [-0.4, -0.2) is 207 Å². The molecule has 9 amide bonds. The fourth-order valence-electron chi connectivity index (χ4n) is 6.85. The molecule has 0 spiro atoms. The molecule has 27 nitrogen and oxygen atoms in total.